The molecule has 0 N–H and O–H groups in total. The first-order valence-corrected chi connectivity index (χ1v) is 1.50. The topological polar surface area (TPSA) is 0 Å². The molecule has 0 aliphatic carbocycles. The second-order valence-corrected chi connectivity index (χ2v) is 0.707. The van der Waals surface area contributed by atoms with Crippen LogP contribution in [0.1, 0.15) is 12.8 Å². The predicted molar refractivity (Wildman–Crippen MR) is 19.9 cm³/mol. The van der Waals surface area contributed by atoms with E-state index in [1.165, 1.54) is 0 Å². The molecular formula is C4H8VW-2. The molecule has 0 aliphatic heterocycles. The first kappa shape index (κ1) is 15.7. The summed E-state index contributed by atoms with van der Waals surface area (Å²) in [5.74, 6) is 0. The number of unbranched alkanes of at least 4 members (excludes halogenated alkanes) is 1. The molecule has 1 radical (unpaired) electrons. The zero-order valence-corrected chi connectivity index (χ0v) is 8.01. The Morgan fingerprint density at radius 1 is 1.00 bits per heavy atom. The van der Waals surface area contributed by atoms with Gasteiger partial charge in [-0.2, -0.15) is 0 Å². The first-order chi connectivity index (χ1) is 1.91. The molecule has 0 saturated heterocycles. The van der Waals surface area contributed by atoms with E-state index in [2.05, 4.69) is 13.8 Å². The minimum absolute atomic E-state index is 0. The molecule has 0 bridgehead atoms. The van der Waals surface area contributed by atoms with E-state index < -0.39 is 0 Å². The predicted octanol–water partition coefficient (Wildman–Crippen LogP) is 1.43. The molecule has 0 amide bonds. The maximum Gasteiger partial charge on any atom is 0 e. The van der Waals surface area contributed by atoms with E-state index in [0.29, 0.717) is 0 Å². The molecule has 0 aromatic rings. The van der Waals surface area contributed by atoms with Gasteiger partial charge in [0.15, 0.2) is 0 Å². The second-order valence-electron chi connectivity index (χ2n) is 0.707. The third-order valence-electron chi connectivity index (χ3n) is 0.250. The van der Waals surface area contributed by atoms with E-state index >= 15 is 0 Å². The average Bonchev–Trinajstić information content (AvgIpc) is 1.37. The van der Waals surface area contributed by atoms with Gasteiger partial charge in [0.1, 0.15) is 0 Å². The van der Waals surface area contributed by atoms with Gasteiger partial charge in [0.05, 0.1) is 0 Å². The van der Waals surface area contributed by atoms with Crippen molar-refractivity contribution in [3.8, 4) is 0 Å². The minimum atomic E-state index is 0. The Labute approximate surface area is 66.2 Å². The largest absolute Gasteiger partial charge is 0.346 e. The Morgan fingerprint density at radius 2 is 1.17 bits per heavy atom. The van der Waals surface area contributed by atoms with Crippen molar-refractivity contribution in [2.24, 2.45) is 0 Å². The van der Waals surface area contributed by atoms with Crippen LogP contribution in [0, 0.1) is 13.8 Å². The van der Waals surface area contributed by atoms with Crippen LogP contribution in [0.4, 0.5) is 0 Å². The molecule has 0 nitrogen and oxygen atoms in total. The fourth-order valence-electron chi connectivity index (χ4n) is 0. The Bertz CT molecular complexity index is 9.51. The van der Waals surface area contributed by atoms with Crippen LogP contribution in [-0.2, 0) is 39.6 Å². The number of hydrogen-bond donors (Lipinski definition) is 0. The molecule has 37 valence electrons. The summed E-state index contributed by atoms with van der Waals surface area (Å²) < 4.78 is 0. The van der Waals surface area contributed by atoms with E-state index in [0.717, 1.165) is 12.8 Å². The van der Waals surface area contributed by atoms with Crippen molar-refractivity contribution in [1.82, 2.24) is 0 Å². The third kappa shape index (κ3) is 18.6. The van der Waals surface area contributed by atoms with Gasteiger partial charge in [0.25, 0.3) is 0 Å². The molecule has 0 rings (SSSR count). The Morgan fingerprint density at radius 3 is 1.17 bits per heavy atom. The molecule has 2 heteroatoms. The van der Waals surface area contributed by atoms with Gasteiger partial charge >= 0.3 is 0 Å². The SMILES string of the molecule is [CH2-]CC[CH2-].[V].[W]. The Kier molecular flexibility index (Phi) is 42.5. The summed E-state index contributed by atoms with van der Waals surface area (Å²) in [5.41, 5.74) is 0. The molecule has 6 heavy (non-hydrogen) atoms. The molecule has 0 aromatic heterocycles. The summed E-state index contributed by atoms with van der Waals surface area (Å²) in [6.07, 6.45) is 1.92. The minimum Gasteiger partial charge on any atom is -0.346 e. The van der Waals surface area contributed by atoms with Crippen molar-refractivity contribution < 1.29 is 39.6 Å². The van der Waals surface area contributed by atoms with Gasteiger partial charge in [-0.1, -0.05) is 0 Å². The van der Waals surface area contributed by atoms with Crippen LogP contribution in [0.2, 0.25) is 0 Å². The van der Waals surface area contributed by atoms with Gasteiger partial charge in [0, 0.05) is 39.6 Å². The first-order valence-electron chi connectivity index (χ1n) is 1.50. The average molecular weight is 291 g/mol. The molecule has 0 spiro atoms. The molecule has 0 unspecified atom stereocenters. The van der Waals surface area contributed by atoms with E-state index in [-0.39, 0.29) is 39.6 Å². The monoisotopic (exact) mass is 291 g/mol. The summed E-state index contributed by atoms with van der Waals surface area (Å²) in [4.78, 5) is 0. The number of rotatable bonds is 1. The van der Waals surface area contributed by atoms with Crippen molar-refractivity contribution in [3.05, 3.63) is 13.8 Å². The van der Waals surface area contributed by atoms with Crippen LogP contribution in [0.5, 0.6) is 0 Å². The molecular weight excluding hydrogens is 283 g/mol. The molecule has 0 heterocycles. The normalized spacial score (nSPS) is 5.00. The molecule has 0 aliphatic rings. The van der Waals surface area contributed by atoms with Crippen LogP contribution in [-0.4, -0.2) is 0 Å². The second kappa shape index (κ2) is 16.3. The zero-order valence-electron chi connectivity index (χ0n) is 3.68. The van der Waals surface area contributed by atoms with E-state index in [1.54, 1.807) is 0 Å². The molecule has 0 fully saturated rings. The maximum atomic E-state index is 3.54. The molecule has 0 atom stereocenters. The van der Waals surface area contributed by atoms with Crippen molar-refractivity contribution in [3.63, 3.8) is 0 Å². The summed E-state index contributed by atoms with van der Waals surface area (Å²) in [7, 11) is 0. The standard InChI is InChI=1S/C4H8.V.W/c1-3-4-2;;/h1-4H2;;/q-2;;. The smallest absolute Gasteiger partial charge is 0 e. The van der Waals surface area contributed by atoms with Crippen molar-refractivity contribution >= 4 is 0 Å². The maximum absolute atomic E-state index is 3.54. The van der Waals surface area contributed by atoms with Crippen molar-refractivity contribution in [2.75, 3.05) is 0 Å². The summed E-state index contributed by atoms with van der Waals surface area (Å²) in [5, 5.41) is 0. The van der Waals surface area contributed by atoms with Crippen LogP contribution in [0.25, 0.3) is 0 Å². The molecule has 0 saturated carbocycles. The quantitative estimate of drug-likeness (QED) is 0.641. The fraction of sp³-hybridized carbons (Fsp3) is 0.500. The van der Waals surface area contributed by atoms with Crippen LogP contribution < -0.4 is 0 Å². The van der Waals surface area contributed by atoms with Gasteiger partial charge in [-0.15, -0.1) is 0 Å². The molecule has 0 aromatic carbocycles. The fourth-order valence-corrected chi connectivity index (χ4v) is 0. The summed E-state index contributed by atoms with van der Waals surface area (Å²) >= 11 is 0. The number of hydrogen-bond acceptors (Lipinski definition) is 0. The Hall–Kier alpha value is 1.27. The van der Waals surface area contributed by atoms with Crippen LogP contribution in [0.3, 0.4) is 0 Å². The van der Waals surface area contributed by atoms with Gasteiger partial charge < -0.3 is 13.8 Å². The summed E-state index contributed by atoms with van der Waals surface area (Å²) in [6, 6.07) is 0. The van der Waals surface area contributed by atoms with Crippen LogP contribution >= 0.6 is 0 Å². The van der Waals surface area contributed by atoms with Gasteiger partial charge in [0.2, 0.25) is 0 Å². The van der Waals surface area contributed by atoms with Crippen molar-refractivity contribution in [1.29, 1.82) is 0 Å². The van der Waals surface area contributed by atoms with Gasteiger partial charge in [-0.25, -0.2) is 12.8 Å². The van der Waals surface area contributed by atoms with Crippen LogP contribution in [0.15, 0.2) is 0 Å². The third-order valence-corrected chi connectivity index (χ3v) is 0.250. The van der Waals surface area contributed by atoms with Gasteiger partial charge in [-0.3, -0.25) is 0 Å². The summed E-state index contributed by atoms with van der Waals surface area (Å²) in [6.45, 7) is 7.08. The zero-order chi connectivity index (χ0) is 3.41. The Balaban J connectivity index is -0.0000000450. The van der Waals surface area contributed by atoms with E-state index in [4.69, 9.17) is 0 Å². The van der Waals surface area contributed by atoms with Crippen molar-refractivity contribution in [2.45, 2.75) is 12.8 Å². The van der Waals surface area contributed by atoms with E-state index in [1.807, 2.05) is 0 Å². The van der Waals surface area contributed by atoms with Gasteiger partial charge in [-0.05, 0) is 0 Å². The van der Waals surface area contributed by atoms with E-state index in [9.17, 15) is 0 Å².